The molecule has 0 heterocycles. The highest BCUT2D eigenvalue weighted by Gasteiger charge is 2.10. The minimum absolute atomic E-state index is 0.0587. The number of rotatable bonds is 8. The fraction of sp³-hybridized carbons (Fsp3) is 0.429. The average molecular weight is 334 g/mol. The number of amides is 1. The molecule has 1 rings (SSSR count). The van der Waals surface area contributed by atoms with Gasteiger partial charge in [0.05, 0.1) is 18.1 Å². The summed E-state index contributed by atoms with van der Waals surface area (Å²) in [6.07, 6.45) is 0.740. The van der Waals surface area contributed by atoms with Gasteiger partial charge in [0.25, 0.3) is 0 Å². The normalized spacial score (nSPS) is 10.2. The predicted molar refractivity (Wildman–Crippen MR) is 81.1 cm³/mol. The lowest BCUT2D eigenvalue weighted by Gasteiger charge is -2.16. The molecule has 21 heavy (non-hydrogen) atoms. The van der Waals surface area contributed by atoms with Gasteiger partial charge in [0.2, 0.25) is 5.91 Å². The third kappa shape index (κ3) is 6.23. The van der Waals surface area contributed by atoms with Gasteiger partial charge in [-0.05, 0) is 18.6 Å². The van der Waals surface area contributed by atoms with Crippen molar-refractivity contribution in [1.29, 1.82) is 0 Å². The number of halogens is 2. The minimum atomic E-state index is -0.923. The Morgan fingerprint density at radius 3 is 2.67 bits per heavy atom. The number of ether oxygens (including phenoxy) is 1. The van der Waals surface area contributed by atoms with Crippen LogP contribution in [0.5, 0.6) is 5.75 Å². The first-order valence-corrected chi connectivity index (χ1v) is 7.20. The van der Waals surface area contributed by atoms with Crippen molar-refractivity contribution in [3.05, 3.63) is 28.2 Å². The molecule has 0 spiro atoms. The number of carboxylic acid groups (broad SMARTS) is 1. The summed E-state index contributed by atoms with van der Waals surface area (Å²) in [6.45, 7) is 0.535. The summed E-state index contributed by atoms with van der Waals surface area (Å²) in [4.78, 5) is 23.5. The number of hydrogen-bond donors (Lipinski definition) is 1. The van der Waals surface area contributed by atoms with Crippen molar-refractivity contribution in [2.24, 2.45) is 0 Å². The van der Waals surface area contributed by atoms with E-state index in [1.807, 2.05) is 0 Å². The molecule has 1 aromatic rings. The number of nitrogens with zero attached hydrogens (tertiary/aromatic N) is 1. The molecule has 0 atom stereocenters. The molecule has 0 fully saturated rings. The third-order valence-electron chi connectivity index (χ3n) is 2.80. The van der Waals surface area contributed by atoms with Gasteiger partial charge in [0.15, 0.2) is 0 Å². The number of aliphatic carboxylic acids is 1. The predicted octanol–water partition coefficient (Wildman–Crippen LogP) is 3.09. The van der Waals surface area contributed by atoms with Crippen molar-refractivity contribution in [1.82, 2.24) is 4.90 Å². The Morgan fingerprint density at radius 2 is 2.00 bits per heavy atom. The number of hydrogen-bond acceptors (Lipinski definition) is 3. The zero-order valence-electron chi connectivity index (χ0n) is 11.6. The van der Waals surface area contributed by atoms with Crippen LogP contribution in [0.1, 0.15) is 19.3 Å². The van der Waals surface area contributed by atoms with Crippen LogP contribution in [0.2, 0.25) is 10.0 Å². The molecule has 0 saturated heterocycles. The van der Waals surface area contributed by atoms with Crippen LogP contribution in [0.3, 0.4) is 0 Å². The summed E-state index contributed by atoms with van der Waals surface area (Å²) in [5.74, 6) is -0.554. The van der Waals surface area contributed by atoms with Crippen molar-refractivity contribution in [2.75, 3.05) is 20.2 Å². The van der Waals surface area contributed by atoms with Crippen molar-refractivity contribution in [3.63, 3.8) is 0 Å². The number of benzene rings is 1. The van der Waals surface area contributed by atoms with E-state index in [2.05, 4.69) is 0 Å². The molecular formula is C14H17Cl2NO4. The van der Waals surface area contributed by atoms with Gasteiger partial charge in [0.1, 0.15) is 10.8 Å². The van der Waals surface area contributed by atoms with Crippen molar-refractivity contribution in [3.8, 4) is 5.75 Å². The summed E-state index contributed by atoms with van der Waals surface area (Å²) in [7, 11) is 1.58. The van der Waals surface area contributed by atoms with Crippen LogP contribution in [0.15, 0.2) is 18.2 Å². The highest BCUT2D eigenvalue weighted by atomic mass is 35.5. The highest BCUT2D eigenvalue weighted by molar-refractivity contribution is 6.42. The van der Waals surface area contributed by atoms with Crippen LogP contribution < -0.4 is 4.74 Å². The molecule has 0 unspecified atom stereocenters. The van der Waals surface area contributed by atoms with Crippen LogP contribution in [-0.4, -0.2) is 42.1 Å². The molecule has 0 saturated carbocycles. The first kappa shape index (κ1) is 17.6. The van der Waals surface area contributed by atoms with Gasteiger partial charge in [-0.2, -0.15) is 0 Å². The highest BCUT2D eigenvalue weighted by Crippen LogP contribution is 2.31. The molecule has 0 aliphatic rings. The molecule has 0 aromatic heterocycles. The summed E-state index contributed by atoms with van der Waals surface area (Å²) >= 11 is 11.8. The average Bonchev–Trinajstić information content (AvgIpc) is 2.44. The van der Waals surface area contributed by atoms with Crippen LogP contribution >= 0.6 is 23.2 Å². The number of carbonyl (C=O) groups is 2. The molecule has 5 nitrogen and oxygen atoms in total. The molecule has 0 radical (unpaired) electrons. The summed E-state index contributed by atoms with van der Waals surface area (Å²) in [5.41, 5.74) is 0. The Kier molecular flexibility index (Phi) is 7.32. The standard InChI is InChI=1S/C14H17Cl2NO4/c1-17(8-7-13(19)20)12(18)6-3-9-21-11-5-2-4-10(15)14(11)16/h2,4-5H,3,6-9H2,1H3,(H,19,20). The monoisotopic (exact) mass is 333 g/mol. The van der Waals surface area contributed by atoms with E-state index in [9.17, 15) is 9.59 Å². The summed E-state index contributed by atoms with van der Waals surface area (Å²) in [6, 6.07) is 5.10. The second kappa shape index (κ2) is 8.74. The van der Waals surface area contributed by atoms with Crippen molar-refractivity contribution in [2.45, 2.75) is 19.3 Å². The van der Waals surface area contributed by atoms with Gasteiger partial charge in [-0.25, -0.2) is 0 Å². The second-order valence-corrected chi connectivity index (χ2v) is 5.25. The maximum Gasteiger partial charge on any atom is 0.305 e. The van der Waals surface area contributed by atoms with Crippen LogP contribution in [0.4, 0.5) is 0 Å². The molecule has 1 N–H and O–H groups in total. The molecule has 7 heteroatoms. The molecule has 1 amide bonds. The Hall–Kier alpha value is -1.46. The van der Waals surface area contributed by atoms with Crippen LogP contribution in [-0.2, 0) is 9.59 Å². The maximum atomic E-state index is 11.7. The van der Waals surface area contributed by atoms with Gasteiger partial charge in [0, 0.05) is 20.0 Å². The van der Waals surface area contributed by atoms with Gasteiger partial charge in [-0.1, -0.05) is 29.3 Å². The van der Waals surface area contributed by atoms with E-state index in [1.54, 1.807) is 25.2 Å². The van der Waals surface area contributed by atoms with E-state index in [0.29, 0.717) is 28.8 Å². The Balaban J connectivity index is 2.29. The molecule has 1 aromatic carbocycles. The van der Waals surface area contributed by atoms with Gasteiger partial charge >= 0.3 is 5.97 Å². The zero-order chi connectivity index (χ0) is 15.8. The smallest absolute Gasteiger partial charge is 0.305 e. The summed E-state index contributed by atoms with van der Waals surface area (Å²) in [5, 5.41) is 9.32. The molecule has 0 bridgehead atoms. The Labute approximate surface area is 133 Å². The largest absolute Gasteiger partial charge is 0.492 e. The maximum absolute atomic E-state index is 11.7. The molecule has 0 aliphatic carbocycles. The fourth-order valence-electron chi connectivity index (χ4n) is 1.58. The van der Waals surface area contributed by atoms with E-state index in [1.165, 1.54) is 4.90 Å². The van der Waals surface area contributed by atoms with E-state index in [4.69, 9.17) is 33.0 Å². The number of carbonyl (C=O) groups excluding carboxylic acids is 1. The van der Waals surface area contributed by atoms with Crippen molar-refractivity contribution >= 4 is 35.1 Å². The lowest BCUT2D eigenvalue weighted by atomic mass is 10.2. The lowest BCUT2D eigenvalue weighted by molar-refractivity contribution is -0.138. The van der Waals surface area contributed by atoms with Gasteiger partial charge in [-0.15, -0.1) is 0 Å². The van der Waals surface area contributed by atoms with E-state index in [-0.39, 0.29) is 25.3 Å². The molecular weight excluding hydrogens is 317 g/mol. The van der Waals surface area contributed by atoms with E-state index < -0.39 is 5.97 Å². The first-order valence-electron chi connectivity index (χ1n) is 6.44. The Morgan fingerprint density at radius 1 is 1.29 bits per heavy atom. The van der Waals surface area contributed by atoms with Gasteiger partial charge < -0.3 is 14.7 Å². The topological polar surface area (TPSA) is 66.8 Å². The van der Waals surface area contributed by atoms with Crippen LogP contribution in [0.25, 0.3) is 0 Å². The summed E-state index contributed by atoms with van der Waals surface area (Å²) < 4.78 is 5.46. The first-order chi connectivity index (χ1) is 9.91. The van der Waals surface area contributed by atoms with Gasteiger partial charge in [-0.3, -0.25) is 9.59 Å². The molecule has 116 valence electrons. The van der Waals surface area contributed by atoms with E-state index in [0.717, 1.165) is 0 Å². The molecule has 0 aliphatic heterocycles. The minimum Gasteiger partial charge on any atom is -0.492 e. The van der Waals surface area contributed by atoms with Crippen molar-refractivity contribution < 1.29 is 19.4 Å². The quantitative estimate of drug-likeness (QED) is 0.742. The van der Waals surface area contributed by atoms with E-state index >= 15 is 0 Å². The lowest BCUT2D eigenvalue weighted by Crippen LogP contribution is -2.29. The third-order valence-corrected chi connectivity index (χ3v) is 3.60. The fourth-order valence-corrected chi connectivity index (χ4v) is 1.93. The zero-order valence-corrected chi connectivity index (χ0v) is 13.2. The Bertz CT molecular complexity index is 508. The van der Waals surface area contributed by atoms with Crippen LogP contribution in [0, 0.1) is 0 Å². The number of carboxylic acids is 1. The SMILES string of the molecule is CN(CCC(=O)O)C(=O)CCCOc1cccc(Cl)c1Cl. The second-order valence-electron chi connectivity index (χ2n) is 4.46.